The molecule has 0 bridgehead atoms. The molecule has 1 aromatic carbocycles. The average molecular weight is 393 g/mol. The van der Waals surface area contributed by atoms with Crippen molar-refractivity contribution in [3.05, 3.63) is 29.8 Å². The van der Waals surface area contributed by atoms with Crippen LogP contribution in [-0.2, 0) is 15.4 Å². The number of piperazine rings is 1. The van der Waals surface area contributed by atoms with Gasteiger partial charge in [0.15, 0.2) is 0 Å². The quantitative estimate of drug-likeness (QED) is 0.804. The summed E-state index contributed by atoms with van der Waals surface area (Å²) >= 11 is 0. The molecule has 1 aromatic rings. The van der Waals surface area contributed by atoms with E-state index >= 15 is 0 Å². The Labute approximate surface area is 153 Å². The van der Waals surface area contributed by atoms with E-state index in [1.165, 1.54) is 17.0 Å². The number of nitrogens with one attached hydrogen (secondary N) is 2. The number of halogens is 3. The molecule has 1 unspecified atom stereocenters. The Bertz CT molecular complexity index is 691. The second-order valence-corrected chi connectivity index (χ2v) is 9.24. The third-order valence-electron chi connectivity index (χ3n) is 4.47. The molecule has 0 saturated carbocycles. The molecule has 1 saturated heterocycles. The van der Waals surface area contributed by atoms with Crippen molar-refractivity contribution in [2.45, 2.75) is 43.3 Å². The third kappa shape index (κ3) is 5.42. The highest BCUT2D eigenvalue weighted by Crippen LogP contribution is 2.26. The van der Waals surface area contributed by atoms with E-state index in [0.717, 1.165) is 5.56 Å². The van der Waals surface area contributed by atoms with Crippen LogP contribution in [0.15, 0.2) is 29.2 Å². The van der Waals surface area contributed by atoms with E-state index in [0.29, 0.717) is 13.1 Å². The highest BCUT2D eigenvalue weighted by molar-refractivity contribution is 7.89. The van der Waals surface area contributed by atoms with Gasteiger partial charge in [-0.25, -0.2) is 13.1 Å². The van der Waals surface area contributed by atoms with Crippen LogP contribution in [0.5, 0.6) is 0 Å². The van der Waals surface area contributed by atoms with Crippen molar-refractivity contribution >= 4 is 10.0 Å². The summed E-state index contributed by atoms with van der Waals surface area (Å²) in [5, 5.41) is 2.99. The maximum Gasteiger partial charge on any atom is 0.405 e. The van der Waals surface area contributed by atoms with Gasteiger partial charge in [0.25, 0.3) is 0 Å². The minimum atomic E-state index is -4.50. The molecule has 5 nitrogen and oxygen atoms in total. The van der Waals surface area contributed by atoms with Gasteiger partial charge in [0.05, 0.1) is 4.90 Å². The zero-order valence-electron chi connectivity index (χ0n) is 15.2. The van der Waals surface area contributed by atoms with Gasteiger partial charge >= 0.3 is 6.18 Å². The predicted molar refractivity (Wildman–Crippen MR) is 94.6 cm³/mol. The van der Waals surface area contributed by atoms with Crippen molar-refractivity contribution in [1.82, 2.24) is 14.9 Å². The SMILES string of the molecule is CC(C)(C)c1ccc(S(=O)(=O)NCC(N2CCNCC2)C(F)(F)F)cc1. The smallest absolute Gasteiger partial charge is 0.314 e. The lowest BCUT2D eigenvalue weighted by molar-refractivity contribution is -0.182. The normalized spacial score (nSPS) is 18.7. The molecule has 1 heterocycles. The molecule has 2 rings (SSSR count). The summed E-state index contributed by atoms with van der Waals surface area (Å²) in [6.45, 7) is 6.65. The topological polar surface area (TPSA) is 61.4 Å². The van der Waals surface area contributed by atoms with E-state index < -0.39 is 28.8 Å². The highest BCUT2D eigenvalue weighted by Gasteiger charge is 2.44. The molecule has 26 heavy (non-hydrogen) atoms. The van der Waals surface area contributed by atoms with Crippen LogP contribution in [0, 0.1) is 0 Å². The number of benzene rings is 1. The molecular weight excluding hydrogens is 367 g/mol. The summed E-state index contributed by atoms with van der Waals surface area (Å²) in [4.78, 5) is 1.23. The van der Waals surface area contributed by atoms with Crippen molar-refractivity contribution in [3.63, 3.8) is 0 Å². The van der Waals surface area contributed by atoms with Crippen LogP contribution in [0.3, 0.4) is 0 Å². The Balaban J connectivity index is 2.11. The van der Waals surface area contributed by atoms with Gasteiger partial charge in [-0.15, -0.1) is 0 Å². The second kappa shape index (κ2) is 7.84. The van der Waals surface area contributed by atoms with Crippen LogP contribution in [0.4, 0.5) is 13.2 Å². The van der Waals surface area contributed by atoms with Crippen molar-refractivity contribution in [2.75, 3.05) is 32.7 Å². The third-order valence-corrected chi connectivity index (χ3v) is 5.91. The van der Waals surface area contributed by atoms with Gasteiger partial charge in [-0.2, -0.15) is 13.2 Å². The summed E-state index contributed by atoms with van der Waals surface area (Å²) in [6, 6.07) is 4.39. The van der Waals surface area contributed by atoms with Gasteiger partial charge in [-0.1, -0.05) is 32.9 Å². The minimum absolute atomic E-state index is 0.0354. The monoisotopic (exact) mass is 393 g/mol. The zero-order chi connectivity index (χ0) is 19.6. The maximum absolute atomic E-state index is 13.4. The van der Waals surface area contributed by atoms with Crippen LogP contribution >= 0.6 is 0 Å². The number of rotatable bonds is 5. The van der Waals surface area contributed by atoms with E-state index in [4.69, 9.17) is 0 Å². The Morgan fingerprint density at radius 2 is 1.65 bits per heavy atom. The van der Waals surface area contributed by atoms with Crippen LogP contribution in [0.1, 0.15) is 26.3 Å². The maximum atomic E-state index is 13.4. The standard InChI is InChI=1S/C17H26F3N3O2S/c1-16(2,3)13-4-6-14(7-5-13)26(24,25)22-12-15(17(18,19)20)23-10-8-21-9-11-23/h4-7,15,21-22H,8-12H2,1-3H3. The largest absolute Gasteiger partial charge is 0.405 e. The fourth-order valence-corrected chi connectivity index (χ4v) is 3.89. The Kier molecular flexibility index (Phi) is 6.37. The van der Waals surface area contributed by atoms with Crippen molar-refractivity contribution in [1.29, 1.82) is 0 Å². The number of hydrogen-bond donors (Lipinski definition) is 2. The van der Waals surface area contributed by atoms with E-state index in [-0.39, 0.29) is 23.4 Å². The fourth-order valence-electron chi connectivity index (χ4n) is 2.85. The Morgan fingerprint density at radius 3 is 2.12 bits per heavy atom. The molecule has 0 aromatic heterocycles. The van der Waals surface area contributed by atoms with E-state index in [2.05, 4.69) is 10.0 Å². The predicted octanol–water partition coefficient (Wildman–Crippen LogP) is 2.10. The summed E-state index contributed by atoms with van der Waals surface area (Å²) in [6.07, 6.45) is -4.50. The van der Waals surface area contributed by atoms with Crippen molar-refractivity contribution in [3.8, 4) is 0 Å². The molecule has 0 radical (unpaired) electrons. The van der Waals surface area contributed by atoms with E-state index in [9.17, 15) is 21.6 Å². The van der Waals surface area contributed by atoms with Crippen LogP contribution in [0.2, 0.25) is 0 Å². The second-order valence-electron chi connectivity index (χ2n) is 7.47. The lowest BCUT2D eigenvalue weighted by atomic mass is 9.87. The molecule has 0 amide bonds. The first-order valence-corrected chi connectivity index (χ1v) is 10.0. The molecule has 2 N–H and O–H groups in total. The van der Waals surface area contributed by atoms with Gasteiger partial charge < -0.3 is 5.32 Å². The minimum Gasteiger partial charge on any atom is -0.314 e. The molecular formula is C17H26F3N3O2S. The Hall–Kier alpha value is -1.16. The Morgan fingerprint density at radius 1 is 1.12 bits per heavy atom. The summed E-state index contributed by atoms with van der Waals surface area (Å²) in [7, 11) is -4.01. The molecule has 1 aliphatic heterocycles. The zero-order valence-corrected chi connectivity index (χ0v) is 16.0. The van der Waals surface area contributed by atoms with Crippen molar-refractivity contribution < 1.29 is 21.6 Å². The number of hydrogen-bond acceptors (Lipinski definition) is 4. The van der Waals surface area contributed by atoms with Gasteiger partial charge in [-0.05, 0) is 23.1 Å². The van der Waals surface area contributed by atoms with Crippen LogP contribution in [0.25, 0.3) is 0 Å². The molecule has 0 aliphatic carbocycles. The summed E-state index contributed by atoms with van der Waals surface area (Å²) in [5.74, 6) is 0. The summed E-state index contributed by atoms with van der Waals surface area (Å²) in [5.41, 5.74) is 0.810. The number of nitrogens with zero attached hydrogens (tertiary/aromatic N) is 1. The number of sulfonamides is 1. The molecule has 1 aliphatic rings. The first-order chi connectivity index (χ1) is 11.9. The first-order valence-electron chi connectivity index (χ1n) is 8.53. The van der Waals surface area contributed by atoms with Crippen LogP contribution in [-0.4, -0.2) is 58.3 Å². The molecule has 9 heteroatoms. The fraction of sp³-hybridized carbons (Fsp3) is 0.647. The van der Waals surface area contributed by atoms with E-state index in [1.54, 1.807) is 12.1 Å². The summed E-state index contributed by atoms with van der Waals surface area (Å²) < 4.78 is 67.0. The molecule has 148 valence electrons. The average Bonchev–Trinajstić information content (AvgIpc) is 2.54. The molecule has 1 fully saturated rings. The lowest BCUT2D eigenvalue weighted by Crippen LogP contribution is -2.57. The highest BCUT2D eigenvalue weighted by atomic mass is 32.2. The molecule has 1 atom stereocenters. The van der Waals surface area contributed by atoms with Gasteiger partial charge in [0.1, 0.15) is 6.04 Å². The van der Waals surface area contributed by atoms with Crippen molar-refractivity contribution in [2.24, 2.45) is 0 Å². The van der Waals surface area contributed by atoms with Gasteiger partial charge in [0.2, 0.25) is 10.0 Å². The van der Waals surface area contributed by atoms with E-state index in [1.807, 2.05) is 20.8 Å². The molecule has 0 spiro atoms. The van der Waals surface area contributed by atoms with Crippen LogP contribution < -0.4 is 10.0 Å². The first kappa shape index (κ1) is 21.1. The lowest BCUT2D eigenvalue weighted by Gasteiger charge is -2.35. The number of alkyl halides is 3. The van der Waals surface area contributed by atoms with Gasteiger partial charge in [-0.3, -0.25) is 4.90 Å². The van der Waals surface area contributed by atoms with Gasteiger partial charge in [0, 0.05) is 32.7 Å².